The first-order valence-electron chi connectivity index (χ1n) is 8.82. The van der Waals surface area contributed by atoms with Crippen LogP contribution in [0.4, 0.5) is 26.4 Å². The van der Waals surface area contributed by atoms with Crippen LogP contribution in [0.15, 0.2) is 34.7 Å². The molecule has 1 aromatic heterocycles. The summed E-state index contributed by atoms with van der Waals surface area (Å²) in [5.41, 5.74) is 0.558. The first kappa shape index (κ1) is 20.1. The van der Waals surface area contributed by atoms with Crippen LogP contribution >= 0.6 is 0 Å². The van der Waals surface area contributed by atoms with Gasteiger partial charge < -0.3 is 19.8 Å². The highest BCUT2D eigenvalue weighted by molar-refractivity contribution is 5.90. The number of amides is 2. The molecule has 1 atom stereocenters. The quantitative estimate of drug-likeness (QED) is 0.509. The van der Waals surface area contributed by atoms with Crippen LogP contribution in [-0.2, 0) is 16.0 Å². The number of carbonyl (C=O) groups excluding carboxylic acids is 2. The minimum Gasteiger partial charge on any atom is -0.442 e. The van der Waals surface area contributed by atoms with Crippen molar-refractivity contribution in [2.24, 2.45) is 0 Å². The van der Waals surface area contributed by atoms with E-state index in [-0.39, 0.29) is 30.6 Å². The van der Waals surface area contributed by atoms with Crippen LogP contribution < -0.4 is 15.5 Å². The van der Waals surface area contributed by atoms with Crippen molar-refractivity contribution < 1.29 is 28.1 Å². The molecular formula is C18H19FN4O6. The maximum Gasteiger partial charge on any atom is 0.433 e. The van der Waals surface area contributed by atoms with Crippen molar-refractivity contribution >= 4 is 29.3 Å². The number of carbonyl (C=O) groups is 2. The lowest BCUT2D eigenvalue weighted by Gasteiger charge is -2.15. The Balaban J connectivity index is 1.56. The molecule has 1 aromatic carbocycles. The number of ether oxygens (including phenoxy) is 1. The summed E-state index contributed by atoms with van der Waals surface area (Å²) in [6, 6.07) is 7.03. The molecule has 10 nitrogen and oxygen atoms in total. The van der Waals surface area contributed by atoms with Crippen LogP contribution in [0.2, 0.25) is 0 Å². The van der Waals surface area contributed by atoms with Gasteiger partial charge in [-0.25, -0.2) is 9.18 Å². The molecular weight excluding hydrogens is 387 g/mol. The smallest absolute Gasteiger partial charge is 0.433 e. The fourth-order valence-electron chi connectivity index (χ4n) is 2.83. The molecule has 2 heterocycles. The van der Waals surface area contributed by atoms with Gasteiger partial charge in [-0.3, -0.25) is 19.8 Å². The summed E-state index contributed by atoms with van der Waals surface area (Å²) in [5.74, 6) is -0.729. The largest absolute Gasteiger partial charge is 0.442 e. The predicted octanol–water partition coefficient (Wildman–Crippen LogP) is 2.44. The van der Waals surface area contributed by atoms with Gasteiger partial charge in [0.05, 0.1) is 30.5 Å². The molecule has 1 fully saturated rings. The number of nitro groups is 1. The van der Waals surface area contributed by atoms with Crippen molar-refractivity contribution in [2.75, 3.05) is 29.9 Å². The van der Waals surface area contributed by atoms with Gasteiger partial charge in [0.2, 0.25) is 5.91 Å². The SMILES string of the molecule is CC(=O)NC[C@H]1CN(c2ccc(NCCc3ccc([N+](=O)[O-])o3)c(F)c2)C(=O)O1. The number of hydrogen-bond acceptors (Lipinski definition) is 7. The fourth-order valence-corrected chi connectivity index (χ4v) is 2.83. The molecule has 11 heteroatoms. The molecule has 2 aromatic rings. The number of furan rings is 1. The Morgan fingerprint density at radius 1 is 1.38 bits per heavy atom. The summed E-state index contributed by atoms with van der Waals surface area (Å²) in [4.78, 5) is 34.2. The van der Waals surface area contributed by atoms with Crippen molar-refractivity contribution in [1.29, 1.82) is 0 Å². The first-order chi connectivity index (χ1) is 13.8. The highest BCUT2D eigenvalue weighted by Crippen LogP contribution is 2.26. The molecule has 3 rings (SSSR count). The summed E-state index contributed by atoms with van der Waals surface area (Å²) in [7, 11) is 0. The number of rotatable bonds is 8. The number of nitrogens with zero attached hydrogens (tertiary/aromatic N) is 2. The maximum absolute atomic E-state index is 14.4. The van der Waals surface area contributed by atoms with Gasteiger partial charge in [0.25, 0.3) is 0 Å². The van der Waals surface area contributed by atoms with E-state index in [1.54, 1.807) is 6.07 Å². The van der Waals surface area contributed by atoms with Crippen LogP contribution in [0.25, 0.3) is 0 Å². The van der Waals surface area contributed by atoms with E-state index in [0.29, 0.717) is 24.4 Å². The summed E-state index contributed by atoms with van der Waals surface area (Å²) >= 11 is 0. The van der Waals surface area contributed by atoms with Crippen molar-refractivity contribution in [3.63, 3.8) is 0 Å². The molecule has 1 aliphatic rings. The zero-order valence-corrected chi connectivity index (χ0v) is 15.5. The monoisotopic (exact) mass is 406 g/mol. The van der Waals surface area contributed by atoms with E-state index in [4.69, 9.17) is 9.15 Å². The lowest BCUT2D eigenvalue weighted by Crippen LogP contribution is -2.33. The van der Waals surface area contributed by atoms with Gasteiger partial charge >= 0.3 is 12.0 Å². The molecule has 2 amide bonds. The Kier molecular flexibility index (Phi) is 5.96. The Bertz CT molecular complexity index is 931. The molecule has 29 heavy (non-hydrogen) atoms. The highest BCUT2D eigenvalue weighted by Gasteiger charge is 2.32. The molecule has 0 aliphatic carbocycles. The van der Waals surface area contributed by atoms with Crippen molar-refractivity contribution in [2.45, 2.75) is 19.4 Å². The average molecular weight is 406 g/mol. The van der Waals surface area contributed by atoms with Gasteiger partial charge in [0.15, 0.2) is 0 Å². The molecule has 0 unspecified atom stereocenters. The van der Waals surface area contributed by atoms with Crippen LogP contribution in [0, 0.1) is 15.9 Å². The number of hydrogen-bond donors (Lipinski definition) is 2. The summed E-state index contributed by atoms with van der Waals surface area (Å²) < 4.78 is 24.6. The Morgan fingerprint density at radius 2 is 2.17 bits per heavy atom. The molecule has 154 valence electrons. The third-order valence-electron chi connectivity index (χ3n) is 4.23. The van der Waals surface area contributed by atoms with Crippen molar-refractivity contribution in [3.8, 4) is 0 Å². The second-order valence-corrected chi connectivity index (χ2v) is 6.39. The van der Waals surface area contributed by atoms with Gasteiger partial charge in [-0.15, -0.1) is 0 Å². The lowest BCUT2D eigenvalue weighted by atomic mass is 10.2. The third kappa shape index (κ3) is 5.00. The summed E-state index contributed by atoms with van der Waals surface area (Å²) in [5, 5.41) is 16.1. The second-order valence-electron chi connectivity index (χ2n) is 6.39. The van der Waals surface area contributed by atoms with Crippen LogP contribution in [0.1, 0.15) is 12.7 Å². The third-order valence-corrected chi connectivity index (χ3v) is 4.23. The normalized spacial score (nSPS) is 15.9. The van der Waals surface area contributed by atoms with E-state index >= 15 is 0 Å². The predicted molar refractivity (Wildman–Crippen MR) is 100 cm³/mol. The molecule has 1 saturated heterocycles. The number of halogens is 1. The Labute approximate surface area is 164 Å². The van der Waals surface area contributed by atoms with E-state index in [0.717, 1.165) is 0 Å². The van der Waals surface area contributed by atoms with Gasteiger partial charge in [0, 0.05) is 19.9 Å². The van der Waals surface area contributed by atoms with Crippen molar-refractivity contribution in [3.05, 3.63) is 52.0 Å². The standard InChI is InChI=1S/C18H19FN4O6/c1-11(24)21-9-14-10-22(18(25)29-14)12-2-4-16(15(19)8-12)20-7-6-13-3-5-17(28-13)23(26)27/h2-5,8,14,20H,6-7,9-10H2,1H3,(H,21,24)/t14-/m0/s1. The van der Waals surface area contributed by atoms with E-state index in [2.05, 4.69) is 10.6 Å². The van der Waals surface area contributed by atoms with E-state index in [9.17, 15) is 24.1 Å². The molecule has 1 aliphatic heterocycles. The minimum atomic E-state index is -0.626. The summed E-state index contributed by atoms with van der Waals surface area (Å²) in [6.45, 7) is 2.04. The van der Waals surface area contributed by atoms with E-state index in [1.807, 2.05) is 0 Å². The van der Waals surface area contributed by atoms with Crippen LogP contribution in [0.5, 0.6) is 0 Å². The number of cyclic esters (lactones) is 1. The minimum absolute atomic E-state index is 0.185. The van der Waals surface area contributed by atoms with E-state index in [1.165, 1.54) is 36.1 Å². The van der Waals surface area contributed by atoms with Crippen LogP contribution in [-0.4, -0.2) is 42.7 Å². The number of benzene rings is 1. The van der Waals surface area contributed by atoms with Gasteiger partial charge in [-0.05, 0) is 24.3 Å². The molecule has 0 spiro atoms. The topological polar surface area (TPSA) is 127 Å². The van der Waals surface area contributed by atoms with E-state index < -0.39 is 22.9 Å². The Morgan fingerprint density at radius 3 is 2.83 bits per heavy atom. The number of anilines is 2. The Hall–Kier alpha value is -3.63. The number of nitrogens with one attached hydrogen (secondary N) is 2. The average Bonchev–Trinajstić information content (AvgIpc) is 3.28. The molecule has 2 N–H and O–H groups in total. The van der Waals surface area contributed by atoms with Gasteiger partial charge in [0.1, 0.15) is 22.6 Å². The van der Waals surface area contributed by atoms with Gasteiger partial charge in [-0.2, -0.15) is 0 Å². The maximum atomic E-state index is 14.4. The molecule has 0 saturated carbocycles. The zero-order valence-electron chi connectivity index (χ0n) is 15.5. The molecule has 0 bridgehead atoms. The zero-order chi connectivity index (χ0) is 21.0. The second kappa shape index (κ2) is 8.59. The summed E-state index contributed by atoms with van der Waals surface area (Å²) in [6.07, 6.45) is -0.789. The highest BCUT2D eigenvalue weighted by atomic mass is 19.1. The molecule has 0 radical (unpaired) electrons. The fraction of sp³-hybridized carbons (Fsp3) is 0.333. The first-order valence-corrected chi connectivity index (χ1v) is 8.82. The van der Waals surface area contributed by atoms with Gasteiger partial charge in [-0.1, -0.05) is 0 Å². The van der Waals surface area contributed by atoms with Crippen LogP contribution in [0.3, 0.4) is 0 Å². The lowest BCUT2D eigenvalue weighted by molar-refractivity contribution is -0.402. The van der Waals surface area contributed by atoms with Crippen molar-refractivity contribution in [1.82, 2.24) is 5.32 Å².